The summed E-state index contributed by atoms with van der Waals surface area (Å²) in [6, 6.07) is 3.62. The molecule has 0 aliphatic carbocycles. The first-order valence-corrected chi connectivity index (χ1v) is 4.47. The molecule has 0 aliphatic heterocycles. The summed E-state index contributed by atoms with van der Waals surface area (Å²) in [5.41, 5.74) is 5.89. The number of nitrogens with zero attached hydrogens (tertiary/aromatic N) is 1. The van der Waals surface area contributed by atoms with Crippen molar-refractivity contribution in [3.8, 4) is 0 Å². The van der Waals surface area contributed by atoms with Gasteiger partial charge in [-0.1, -0.05) is 0 Å². The zero-order chi connectivity index (χ0) is 11.4. The molecule has 1 rings (SSSR count). The molecule has 0 saturated heterocycles. The van der Waals surface area contributed by atoms with Crippen LogP contribution < -0.4 is 5.73 Å². The molecule has 1 aromatic rings. The van der Waals surface area contributed by atoms with Crippen LogP contribution in [0.1, 0.15) is 10.4 Å². The van der Waals surface area contributed by atoms with Crippen molar-refractivity contribution in [1.82, 2.24) is 4.90 Å². The summed E-state index contributed by atoms with van der Waals surface area (Å²) in [6.07, 6.45) is 0. The molecule has 5 heteroatoms. The van der Waals surface area contributed by atoms with E-state index < -0.39 is 11.7 Å². The molecule has 0 aromatic heterocycles. The smallest absolute Gasteiger partial charge is 0.255 e. The molecule has 1 amide bonds. The third kappa shape index (κ3) is 2.66. The zero-order valence-corrected chi connectivity index (χ0v) is 8.40. The molecule has 0 heterocycles. The number of amides is 1. The standard InChI is InChI=1S/C10H13FN2O2/c1-13(4-5-14)10(15)8-6-7(11)2-3-9(8)12/h2-3,6,14H,4-5,12H2,1H3. The number of aliphatic hydroxyl groups excluding tert-OH is 1. The SMILES string of the molecule is CN(CCO)C(=O)c1cc(F)ccc1N. The third-order valence-electron chi connectivity index (χ3n) is 2.03. The van der Waals surface area contributed by atoms with Crippen molar-refractivity contribution in [2.24, 2.45) is 0 Å². The van der Waals surface area contributed by atoms with E-state index in [2.05, 4.69) is 0 Å². The van der Waals surface area contributed by atoms with E-state index in [-0.39, 0.29) is 24.4 Å². The van der Waals surface area contributed by atoms with E-state index in [1.807, 2.05) is 0 Å². The number of halogens is 1. The Morgan fingerprint density at radius 3 is 2.87 bits per heavy atom. The highest BCUT2D eigenvalue weighted by atomic mass is 19.1. The summed E-state index contributed by atoms with van der Waals surface area (Å²) >= 11 is 0. The lowest BCUT2D eigenvalue weighted by atomic mass is 10.1. The van der Waals surface area contributed by atoms with Crippen molar-refractivity contribution in [2.75, 3.05) is 25.9 Å². The number of anilines is 1. The van der Waals surface area contributed by atoms with Crippen LogP contribution in [0.15, 0.2) is 18.2 Å². The molecule has 0 bridgehead atoms. The number of hydrogen-bond donors (Lipinski definition) is 2. The quantitative estimate of drug-likeness (QED) is 0.716. The van der Waals surface area contributed by atoms with Crippen molar-refractivity contribution in [1.29, 1.82) is 0 Å². The highest BCUT2D eigenvalue weighted by Crippen LogP contribution is 2.14. The van der Waals surface area contributed by atoms with Gasteiger partial charge in [-0.2, -0.15) is 0 Å². The summed E-state index contributed by atoms with van der Waals surface area (Å²) in [5, 5.41) is 8.66. The van der Waals surface area contributed by atoms with Gasteiger partial charge in [0.25, 0.3) is 5.91 Å². The predicted octanol–water partition coefficient (Wildman–Crippen LogP) is 0.472. The summed E-state index contributed by atoms with van der Waals surface area (Å²) in [5.74, 6) is -0.911. The Kier molecular flexibility index (Phi) is 3.62. The van der Waals surface area contributed by atoms with E-state index in [1.165, 1.54) is 24.1 Å². The first-order valence-electron chi connectivity index (χ1n) is 4.47. The Labute approximate surface area is 87.1 Å². The molecular formula is C10H13FN2O2. The van der Waals surface area contributed by atoms with Crippen LogP contribution >= 0.6 is 0 Å². The second-order valence-electron chi connectivity index (χ2n) is 3.18. The van der Waals surface area contributed by atoms with E-state index in [0.717, 1.165) is 6.07 Å². The van der Waals surface area contributed by atoms with E-state index in [9.17, 15) is 9.18 Å². The number of rotatable bonds is 3. The van der Waals surface area contributed by atoms with Gasteiger partial charge in [0.05, 0.1) is 12.2 Å². The molecule has 0 atom stereocenters. The van der Waals surface area contributed by atoms with Gasteiger partial charge in [-0.25, -0.2) is 4.39 Å². The maximum Gasteiger partial charge on any atom is 0.255 e. The van der Waals surface area contributed by atoms with Gasteiger partial charge in [-0.05, 0) is 18.2 Å². The Morgan fingerprint density at radius 2 is 2.27 bits per heavy atom. The fourth-order valence-electron chi connectivity index (χ4n) is 1.17. The van der Waals surface area contributed by atoms with Crippen molar-refractivity contribution in [3.05, 3.63) is 29.6 Å². The van der Waals surface area contributed by atoms with Crippen LogP contribution in [-0.2, 0) is 0 Å². The molecule has 0 fully saturated rings. The number of likely N-dealkylation sites (N-methyl/N-ethyl adjacent to an activating group) is 1. The van der Waals surface area contributed by atoms with Crippen LogP contribution in [0.25, 0.3) is 0 Å². The first-order chi connectivity index (χ1) is 7.06. The lowest BCUT2D eigenvalue weighted by Crippen LogP contribution is -2.30. The maximum absolute atomic E-state index is 12.9. The summed E-state index contributed by atoms with van der Waals surface area (Å²) in [4.78, 5) is 13.0. The van der Waals surface area contributed by atoms with Crippen LogP contribution in [0.5, 0.6) is 0 Å². The van der Waals surface area contributed by atoms with Crippen LogP contribution in [0, 0.1) is 5.82 Å². The fraction of sp³-hybridized carbons (Fsp3) is 0.300. The second kappa shape index (κ2) is 4.75. The number of hydrogen-bond acceptors (Lipinski definition) is 3. The number of carbonyl (C=O) groups excluding carboxylic acids is 1. The van der Waals surface area contributed by atoms with Gasteiger partial charge >= 0.3 is 0 Å². The van der Waals surface area contributed by atoms with Gasteiger partial charge in [0.1, 0.15) is 5.82 Å². The number of benzene rings is 1. The number of aliphatic hydroxyl groups is 1. The molecule has 0 aliphatic rings. The summed E-state index contributed by atoms with van der Waals surface area (Å²) < 4.78 is 12.9. The molecule has 0 saturated carbocycles. The Hall–Kier alpha value is -1.62. The highest BCUT2D eigenvalue weighted by molar-refractivity contribution is 5.98. The normalized spacial score (nSPS) is 10.1. The molecule has 1 aromatic carbocycles. The van der Waals surface area contributed by atoms with E-state index in [4.69, 9.17) is 10.8 Å². The first kappa shape index (κ1) is 11.5. The molecular weight excluding hydrogens is 199 g/mol. The van der Waals surface area contributed by atoms with Crippen LogP contribution in [0.3, 0.4) is 0 Å². The molecule has 0 unspecified atom stereocenters. The van der Waals surface area contributed by atoms with Crippen molar-refractivity contribution >= 4 is 11.6 Å². The third-order valence-corrected chi connectivity index (χ3v) is 2.03. The average Bonchev–Trinajstić information content (AvgIpc) is 2.21. The molecule has 0 spiro atoms. The Balaban J connectivity index is 2.95. The summed E-state index contributed by atoms with van der Waals surface area (Å²) in [6.45, 7) is 0.0479. The Bertz CT molecular complexity index is 368. The minimum Gasteiger partial charge on any atom is -0.398 e. The highest BCUT2D eigenvalue weighted by Gasteiger charge is 2.14. The van der Waals surface area contributed by atoms with Gasteiger partial charge in [0.2, 0.25) is 0 Å². The van der Waals surface area contributed by atoms with Crippen molar-refractivity contribution in [2.45, 2.75) is 0 Å². The maximum atomic E-state index is 12.9. The molecule has 82 valence electrons. The van der Waals surface area contributed by atoms with Crippen molar-refractivity contribution in [3.63, 3.8) is 0 Å². The van der Waals surface area contributed by atoms with E-state index in [0.29, 0.717) is 0 Å². The largest absolute Gasteiger partial charge is 0.398 e. The van der Waals surface area contributed by atoms with E-state index in [1.54, 1.807) is 0 Å². The van der Waals surface area contributed by atoms with Gasteiger partial charge < -0.3 is 15.7 Å². The topological polar surface area (TPSA) is 66.6 Å². The fourth-order valence-corrected chi connectivity index (χ4v) is 1.17. The van der Waals surface area contributed by atoms with Crippen LogP contribution in [0.2, 0.25) is 0 Å². The lowest BCUT2D eigenvalue weighted by Gasteiger charge is -2.16. The number of nitrogens with two attached hydrogens (primary N) is 1. The average molecular weight is 212 g/mol. The van der Waals surface area contributed by atoms with Gasteiger partial charge in [-0.3, -0.25) is 4.79 Å². The summed E-state index contributed by atoms with van der Waals surface area (Å²) in [7, 11) is 1.52. The Morgan fingerprint density at radius 1 is 1.60 bits per heavy atom. The number of nitrogen functional groups attached to an aromatic ring is 1. The lowest BCUT2D eigenvalue weighted by molar-refractivity contribution is 0.0767. The zero-order valence-electron chi connectivity index (χ0n) is 8.40. The van der Waals surface area contributed by atoms with Crippen LogP contribution in [-0.4, -0.2) is 36.1 Å². The van der Waals surface area contributed by atoms with Crippen molar-refractivity contribution < 1.29 is 14.3 Å². The van der Waals surface area contributed by atoms with Crippen LogP contribution in [0.4, 0.5) is 10.1 Å². The predicted molar refractivity (Wildman–Crippen MR) is 54.9 cm³/mol. The molecule has 15 heavy (non-hydrogen) atoms. The van der Waals surface area contributed by atoms with Gasteiger partial charge in [-0.15, -0.1) is 0 Å². The molecule has 0 radical (unpaired) electrons. The monoisotopic (exact) mass is 212 g/mol. The molecule has 3 N–H and O–H groups in total. The minimum absolute atomic E-state index is 0.117. The second-order valence-corrected chi connectivity index (χ2v) is 3.18. The van der Waals surface area contributed by atoms with E-state index >= 15 is 0 Å². The number of carbonyl (C=O) groups is 1. The molecule has 4 nitrogen and oxygen atoms in total. The van der Waals surface area contributed by atoms with Gasteiger partial charge in [0, 0.05) is 19.3 Å². The minimum atomic E-state index is -0.509. The van der Waals surface area contributed by atoms with Gasteiger partial charge in [0.15, 0.2) is 0 Å².